The number of nitrogens with one attached hydrogen (secondary N) is 1. The van der Waals surface area contributed by atoms with Crippen LogP contribution in [0.2, 0.25) is 0 Å². The summed E-state index contributed by atoms with van der Waals surface area (Å²) in [5.41, 5.74) is 2.18. The van der Waals surface area contributed by atoms with E-state index in [0.717, 1.165) is 30.8 Å². The van der Waals surface area contributed by atoms with Crippen LogP contribution in [0.5, 0.6) is 0 Å². The van der Waals surface area contributed by atoms with Crippen LogP contribution in [0.25, 0.3) is 0 Å². The highest BCUT2D eigenvalue weighted by molar-refractivity contribution is 5.15. The van der Waals surface area contributed by atoms with Crippen LogP contribution in [-0.4, -0.2) is 10.6 Å². The summed E-state index contributed by atoms with van der Waals surface area (Å²) in [6, 6.07) is 4.69. The molecule has 0 amide bonds. The number of rotatable bonds is 7. The molecule has 1 aromatic heterocycles. The molecule has 2 rings (SSSR count). The van der Waals surface area contributed by atoms with E-state index < -0.39 is 0 Å². The third kappa shape index (κ3) is 3.45. The summed E-state index contributed by atoms with van der Waals surface area (Å²) in [6.07, 6.45) is 6.00. The summed E-state index contributed by atoms with van der Waals surface area (Å²) in [7, 11) is 0. The van der Waals surface area contributed by atoms with Gasteiger partial charge in [0.1, 0.15) is 0 Å². The molecule has 0 saturated heterocycles. The molecule has 1 aliphatic carbocycles. The Morgan fingerprint density at radius 1 is 1.33 bits per heavy atom. The van der Waals surface area contributed by atoms with Crippen molar-refractivity contribution in [1.29, 1.82) is 0 Å². The summed E-state index contributed by atoms with van der Waals surface area (Å²) < 4.78 is 1.93. The number of hydrogen-bond donors (Lipinski definition) is 1. The van der Waals surface area contributed by atoms with Crippen molar-refractivity contribution >= 4 is 0 Å². The normalized spacial score (nSPS) is 15.0. The Bertz CT molecular complexity index is 446. The number of pyridine rings is 1. The Balaban J connectivity index is 2.05. The van der Waals surface area contributed by atoms with Gasteiger partial charge in [0.05, 0.1) is 0 Å². The molecule has 0 unspecified atom stereocenters. The zero-order valence-electron chi connectivity index (χ0n) is 11.5. The largest absolute Gasteiger partial charge is 0.313 e. The molecule has 1 N–H and O–H groups in total. The van der Waals surface area contributed by atoms with Gasteiger partial charge in [-0.2, -0.15) is 0 Å². The fraction of sp³-hybridized carbons (Fsp3) is 0.667. The van der Waals surface area contributed by atoms with E-state index in [-0.39, 0.29) is 5.56 Å². The molecule has 0 radical (unpaired) electrons. The Morgan fingerprint density at radius 3 is 2.78 bits per heavy atom. The minimum atomic E-state index is 0.194. The van der Waals surface area contributed by atoms with Crippen molar-refractivity contribution in [1.82, 2.24) is 9.88 Å². The van der Waals surface area contributed by atoms with Crippen LogP contribution in [0.1, 0.15) is 50.3 Å². The Labute approximate surface area is 109 Å². The summed E-state index contributed by atoms with van der Waals surface area (Å²) in [5.74, 6) is 0. The Hall–Kier alpha value is -1.09. The molecule has 0 atom stereocenters. The molecule has 0 spiro atoms. The molecule has 18 heavy (non-hydrogen) atoms. The van der Waals surface area contributed by atoms with Crippen LogP contribution in [0.3, 0.4) is 0 Å². The van der Waals surface area contributed by atoms with Gasteiger partial charge < -0.3 is 9.88 Å². The second kappa shape index (κ2) is 6.19. The van der Waals surface area contributed by atoms with E-state index in [1.807, 2.05) is 17.6 Å². The van der Waals surface area contributed by atoms with E-state index in [2.05, 4.69) is 18.3 Å². The van der Waals surface area contributed by atoms with Crippen molar-refractivity contribution < 1.29 is 0 Å². The van der Waals surface area contributed by atoms with E-state index in [1.165, 1.54) is 25.7 Å². The second-order valence-corrected chi connectivity index (χ2v) is 5.32. The van der Waals surface area contributed by atoms with Gasteiger partial charge in [-0.3, -0.25) is 4.79 Å². The molecule has 1 aliphatic rings. The van der Waals surface area contributed by atoms with Gasteiger partial charge in [0, 0.05) is 30.4 Å². The number of aryl methyl sites for hydroxylation is 1. The van der Waals surface area contributed by atoms with Gasteiger partial charge in [-0.25, -0.2) is 0 Å². The van der Waals surface area contributed by atoms with Crippen LogP contribution in [-0.2, 0) is 13.1 Å². The van der Waals surface area contributed by atoms with Crippen molar-refractivity contribution in [2.75, 3.05) is 0 Å². The zero-order chi connectivity index (χ0) is 13.0. The highest BCUT2D eigenvalue weighted by atomic mass is 16.1. The smallest absolute Gasteiger partial charge is 0.255 e. The number of nitrogens with zero attached hydrogens (tertiary/aromatic N) is 1. The first-order valence-electron chi connectivity index (χ1n) is 7.15. The third-order valence-electron chi connectivity index (χ3n) is 3.62. The monoisotopic (exact) mass is 248 g/mol. The minimum absolute atomic E-state index is 0.194. The molecule has 3 heteroatoms. The number of aromatic nitrogens is 1. The molecule has 1 heterocycles. The second-order valence-electron chi connectivity index (χ2n) is 5.32. The van der Waals surface area contributed by atoms with Crippen LogP contribution < -0.4 is 10.9 Å². The predicted octanol–water partition coefficient (Wildman–Crippen LogP) is 2.60. The minimum Gasteiger partial charge on any atom is -0.313 e. The lowest BCUT2D eigenvalue weighted by Crippen LogP contribution is -2.29. The van der Waals surface area contributed by atoms with E-state index >= 15 is 0 Å². The lowest BCUT2D eigenvalue weighted by atomic mass is 10.2. The predicted molar refractivity (Wildman–Crippen MR) is 74.8 cm³/mol. The van der Waals surface area contributed by atoms with Crippen molar-refractivity contribution in [2.24, 2.45) is 0 Å². The van der Waals surface area contributed by atoms with E-state index in [1.54, 1.807) is 0 Å². The first-order valence-corrected chi connectivity index (χ1v) is 7.15. The molecular formula is C15H24N2O. The summed E-state index contributed by atoms with van der Waals surface area (Å²) >= 11 is 0. The summed E-state index contributed by atoms with van der Waals surface area (Å²) in [6.45, 7) is 5.78. The van der Waals surface area contributed by atoms with Gasteiger partial charge >= 0.3 is 0 Å². The topological polar surface area (TPSA) is 34.0 Å². The third-order valence-corrected chi connectivity index (χ3v) is 3.62. The standard InChI is InChI=1S/C15H24N2O/c1-3-4-5-10-17-12(2)6-7-13(15(17)18)11-16-14-8-9-14/h6-7,14,16H,3-5,8-11H2,1-2H3. The van der Waals surface area contributed by atoms with Crippen molar-refractivity contribution in [2.45, 2.75) is 65.1 Å². The molecule has 1 saturated carbocycles. The molecule has 3 nitrogen and oxygen atoms in total. The Kier molecular flexibility index (Phi) is 4.59. The molecule has 1 fully saturated rings. The quantitative estimate of drug-likeness (QED) is 0.753. The van der Waals surface area contributed by atoms with E-state index in [0.29, 0.717) is 6.04 Å². The van der Waals surface area contributed by atoms with Gasteiger partial charge in [0.2, 0.25) is 0 Å². The van der Waals surface area contributed by atoms with E-state index in [4.69, 9.17) is 0 Å². The lowest BCUT2D eigenvalue weighted by Gasteiger charge is -2.12. The summed E-state index contributed by atoms with van der Waals surface area (Å²) in [5, 5.41) is 3.41. The van der Waals surface area contributed by atoms with Gasteiger partial charge in [0.25, 0.3) is 5.56 Å². The molecule has 0 aliphatic heterocycles. The average molecular weight is 248 g/mol. The molecule has 1 aromatic rings. The fourth-order valence-electron chi connectivity index (χ4n) is 2.19. The van der Waals surface area contributed by atoms with Crippen LogP contribution in [0.15, 0.2) is 16.9 Å². The molecule has 0 aromatic carbocycles. The average Bonchev–Trinajstić information content (AvgIpc) is 3.16. The first-order chi connectivity index (χ1) is 8.72. The Morgan fingerprint density at radius 2 is 2.11 bits per heavy atom. The molecular weight excluding hydrogens is 224 g/mol. The van der Waals surface area contributed by atoms with Crippen molar-refractivity contribution in [3.05, 3.63) is 33.7 Å². The highest BCUT2D eigenvalue weighted by Crippen LogP contribution is 2.18. The van der Waals surface area contributed by atoms with Gasteiger partial charge in [-0.15, -0.1) is 0 Å². The maximum Gasteiger partial charge on any atom is 0.255 e. The van der Waals surface area contributed by atoms with Gasteiger partial charge in [0.15, 0.2) is 0 Å². The lowest BCUT2D eigenvalue weighted by molar-refractivity contribution is 0.567. The first kappa shape index (κ1) is 13.3. The highest BCUT2D eigenvalue weighted by Gasteiger charge is 2.20. The SMILES string of the molecule is CCCCCn1c(C)ccc(CNC2CC2)c1=O. The van der Waals surface area contributed by atoms with Crippen LogP contribution >= 0.6 is 0 Å². The van der Waals surface area contributed by atoms with Crippen molar-refractivity contribution in [3.8, 4) is 0 Å². The fourth-order valence-corrected chi connectivity index (χ4v) is 2.19. The molecule has 0 bridgehead atoms. The van der Waals surface area contributed by atoms with Crippen molar-refractivity contribution in [3.63, 3.8) is 0 Å². The summed E-state index contributed by atoms with van der Waals surface area (Å²) in [4.78, 5) is 12.3. The number of hydrogen-bond acceptors (Lipinski definition) is 2. The van der Waals surface area contributed by atoms with Gasteiger partial charge in [-0.1, -0.05) is 25.8 Å². The van der Waals surface area contributed by atoms with Crippen LogP contribution in [0.4, 0.5) is 0 Å². The maximum atomic E-state index is 12.3. The maximum absolute atomic E-state index is 12.3. The molecule has 100 valence electrons. The van der Waals surface area contributed by atoms with Gasteiger partial charge in [-0.05, 0) is 32.3 Å². The van der Waals surface area contributed by atoms with Crippen LogP contribution in [0, 0.1) is 6.92 Å². The zero-order valence-corrected chi connectivity index (χ0v) is 11.5. The van der Waals surface area contributed by atoms with E-state index in [9.17, 15) is 4.79 Å². The number of unbranched alkanes of at least 4 members (excludes halogenated alkanes) is 2.